The summed E-state index contributed by atoms with van der Waals surface area (Å²) in [5.74, 6) is 0.0937. The van der Waals surface area contributed by atoms with Crippen molar-refractivity contribution >= 4 is 21.6 Å². The number of rotatable bonds is 8. The van der Waals surface area contributed by atoms with Gasteiger partial charge in [-0.25, -0.2) is 8.42 Å². The molecule has 2 aromatic rings. The molecular weight excluding hydrogens is 366 g/mol. The van der Waals surface area contributed by atoms with Crippen LogP contribution in [0, 0.1) is 6.92 Å². The summed E-state index contributed by atoms with van der Waals surface area (Å²) in [6.45, 7) is 4.14. The quantitative estimate of drug-likeness (QED) is 0.641. The Morgan fingerprint density at radius 1 is 1.19 bits per heavy atom. The molecule has 2 rings (SSSR count). The molecule has 0 aromatic heterocycles. The van der Waals surface area contributed by atoms with E-state index in [1.165, 1.54) is 19.2 Å². The molecule has 2 aromatic carbocycles. The zero-order chi connectivity index (χ0) is 20.0. The number of nitrogens with one attached hydrogen (secondary N) is 3. The number of aryl methyl sites for hydroxylation is 1. The van der Waals surface area contributed by atoms with Gasteiger partial charge in [0.15, 0.2) is 0 Å². The Hall–Kier alpha value is -2.58. The molecule has 1 amide bonds. The first-order chi connectivity index (χ1) is 12.8. The van der Waals surface area contributed by atoms with Gasteiger partial charge < -0.3 is 15.4 Å². The molecule has 0 radical (unpaired) electrons. The SMILES string of the molecule is CNC(C)CNC(=O)c1cc(S(=O)(=O)Nc2ccccc2OC)ccc1C. The van der Waals surface area contributed by atoms with Crippen molar-refractivity contribution < 1.29 is 17.9 Å². The fraction of sp³-hybridized carbons (Fsp3) is 0.316. The molecule has 1 atom stereocenters. The molecule has 0 fully saturated rings. The molecule has 0 spiro atoms. The molecule has 1 unspecified atom stereocenters. The van der Waals surface area contributed by atoms with Crippen molar-refractivity contribution in [1.82, 2.24) is 10.6 Å². The highest BCUT2D eigenvalue weighted by Gasteiger charge is 2.19. The van der Waals surface area contributed by atoms with E-state index in [0.717, 1.165) is 0 Å². The van der Waals surface area contributed by atoms with Crippen LogP contribution >= 0.6 is 0 Å². The van der Waals surface area contributed by atoms with Crippen molar-refractivity contribution in [3.63, 3.8) is 0 Å². The summed E-state index contributed by atoms with van der Waals surface area (Å²) in [5.41, 5.74) is 1.34. The van der Waals surface area contributed by atoms with Crippen LogP contribution in [0.5, 0.6) is 5.75 Å². The molecule has 146 valence electrons. The lowest BCUT2D eigenvalue weighted by molar-refractivity contribution is 0.0949. The van der Waals surface area contributed by atoms with Crippen LogP contribution in [0.1, 0.15) is 22.8 Å². The summed E-state index contributed by atoms with van der Waals surface area (Å²) in [6.07, 6.45) is 0. The minimum atomic E-state index is -3.88. The van der Waals surface area contributed by atoms with E-state index in [-0.39, 0.29) is 16.8 Å². The zero-order valence-electron chi connectivity index (χ0n) is 15.9. The van der Waals surface area contributed by atoms with Crippen molar-refractivity contribution in [2.24, 2.45) is 0 Å². The maximum absolute atomic E-state index is 12.8. The van der Waals surface area contributed by atoms with E-state index in [9.17, 15) is 13.2 Å². The van der Waals surface area contributed by atoms with Crippen LogP contribution in [0.15, 0.2) is 47.4 Å². The van der Waals surface area contributed by atoms with Gasteiger partial charge in [-0.2, -0.15) is 0 Å². The number of likely N-dealkylation sites (N-methyl/N-ethyl adjacent to an activating group) is 1. The highest BCUT2D eigenvalue weighted by Crippen LogP contribution is 2.26. The number of anilines is 1. The minimum absolute atomic E-state index is 0.00539. The van der Waals surface area contributed by atoms with Crippen LogP contribution in [0.2, 0.25) is 0 Å². The van der Waals surface area contributed by atoms with Crippen molar-refractivity contribution in [2.75, 3.05) is 25.4 Å². The number of carbonyl (C=O) groups is 1. The number of ether oxygens (including phenoxy) is 1. The number of benzene rings is 2. The molecule has 0 heterocycles. The number of methoxy groups -OCH3 is 1. The van der Waals surface area contributed by atoms with Gasteiger partial charge in [0.25, 0.3) is 15.9 Å². The minimum Gasteiger partial charge on any atom is -0.495 e. The largest absolute Gasteiger partial charge is 0.495 e. The van der Waals surface area contributed by atoms with Crippen LogP contribution in [-0.2, 0) is 10.0 Å². The van der Waals surface area contributed by atoms with E-state index in [0.29, 0.717) is 29.1 Å². The monoisotopic (exact) mass is 391 g/mol. The first-order valence-electron chi connectivity index (χ1n) is 8.50. The Balaban J connectivity index is 2.29. The molecule has 0 aliphatic heterocycles. The van der Waals surface area contributed by atoms with Gasteiger partial charge in [-0.15, -0.1) is 0 Å². The maximum atomic E-state index is 12.8. The first-order valence-corrected chi connectivity index (χ1v) is 9.98. The smallest absolute Gasteiger partial charge is 0.262 e. The fourth-order valence-electron chi connectivity index (χ4n) is 2.39. The van der Waals surface area contributed by atoms with Gasteiger partial charge in [-0.1, -0.05) is 18.2 Å². The van der Waals surface area contributed by atoms with E-state index < -0.39 is 10.0 Å². The first kappa shape index (κ1) is 20.7. The number of hydrogen-bond acceptors (Lipinski definition) is 5. The van der Waals surface area contributed by atoms with Gasteiger partial charge in [-0.05, 0) is 50.7 Å². The van der Waals surface area contributed by atoms with Gasteiger partial charge in [0.2, 0.25) is 0 Å². The standard InChI is InChI=1S/C19H25N3O4S/c1-13-9-10-15(11-16(13)19(23)21-12-14(2)20-3)27(24,25)22-17-7-5-6-8-18(17)26-4/h5-11,14,20,22H,12H2,1-4H3,(H,21,23). The second kappa shape index (κ2) is 8.88. The third-order valence-electron chi connectivity index (χ3n) is 4.18. The summed E-state index contributed by atoms with van der Waals surface area (Å²) in [4.78, 5) is 12.5. The lowest BCUT2D eigenvalue weighted by Gasteiger charge is -2.15. The van der Waals surface area contributed by atoms with Crippen molar-refractivity contribution in [3.8, 4) is 5.75 Å². The molecule has 3 N–H and O–H groups in total. The summed E-state index contributed by atoms with van der Waals surface area (Å²) < 4.78 is 33.2. The van der Waals surface area contributed by atoms with Crippen LogP contribution in [-0.4, -0.2) is 41.1 Å². The van der Waals surface area contributed by atoms with Crippen LogP contribution < -0.4 is 20.1 Å². The number of hydrogen-bond donors (Lipinski definition) is 3. The van der Waals surface area contributed by atoms with Crippen molar-refractivity contribution in [3.05, 3.63) is 53.6 Å². The van der Waals surface area contributed by atoms with Crippen LogP contribution in [0.25, 0.3) is 0 Å². The van der Waals surface area contributed by atoms with Gasteiger partial charge in [0, 0.05) is 18.2 Å². The third kappa shape index (κ3) is 5.21. The second-order valence-electron chi connectivity index (χ2n) is 6.18. The third-order valence-corrected chi connectivity index (χ3v) is 5.54. The normalized spacial score (nSPS) is 12.3. The van der Waals surface area contributed by atoms with Gasteiger partial charge in [0.1, 0.15) is 5.75 Å². The molecule has 0 saturated carbocycles. The number of carbonyl (C=O) groups excluding carboxylic acids is 1. The molecular formula is C19H25N3O4S. The number of sulfonamides is 1. The highest BCUT2D eigenvalue weighted by molar-refractivity contribution is 7.92. The Labute approximate surface area is 160 Å². The highest BCUT2D eigenvalue weighted by atomic mass is 32.2. The summed E-state index contributed by atoms with van der Waals surface area (Å²) >= 11 is 0. The molecule has 7 nitrogen and oxygen atoms in total. The Morgan fingerprint density at radius 3 is 2.56 bits per heavy atom. The van der Waals surface area contributed by atoms with Crippen LogP contribution in [0.3, 0.4) is 0 Å². The van der Waals surface area contributed by atoms with Crippen LogP contribution in [0.4, 0.5) is 5.69 Å². The molecule has 0 saturated heterocycles. The van der Waals surface area contributed by atoms with E-state index in [4.69, 9.17) is 4.74 Å². The zero-order valence-corrected chi connectivity index (χ0v) is 16.7. The topological polar surface area (TPSA) is 96.5 Å². The molecule has 0 aliphatic carbocycles. The summed E-state index contributed by atoms with van der Waals surface area (Å²) in [5, 5.41) is 5.83. The predicted octanol–water partition coefficient (Wildman–Crippen LogP) is 2.14. The Kier molecular flexibility index (Phi) is 6.81. The van der Waals surface area contributed by atoms with E-state index in [1.54, 1.807) is 44.3 Å². The molecule has 8 heteroatoms. The maximum Gasteiger partial charge on any atom is 0.262 e. The Morgan fingerprint density at radius 2 is 1.89 bits per heavy atom. The van der Waals surface area contributed by atoms with Gasteiger partial charge >= 0.3 is 0 Å². The molecule has 27 heavy (non-hydrogen) atoms. The number of para-hydroxylation sites is 2. The molecule has 0 bridgehead atoms. The summed E-state index contributed by atoms with van der Waals surface area (Å²) in [7, 11) is -0.607. The Bertz CT molecular complexity index is 913. The van der Waals surface area contributed by atoms with E-state index in [2.05, 4.69) is 15.4 Å². The van der Waals surface area contributed by atoms with Crippen molar-refractivity contribution in [1.29, 1.82) is 0 Å². The predicted molar refractivity (Wildman–Crippen MR) is 106 cm³/mol. The van der Waals surface area contributed by atoms with Gasteiger partial charge in [-0.3, -0.25) is 9.52 Å². The summed E-state index contributed by atoms with van der Waals surface area (Å²) in [6, 6.07) is 11.3. The van der Waals surface area contributed by atoms with Gasteiger partial charge in [0.05, 0.1) is 17.7 Å². The average Bonchev–Trinajstić information content (AvgIpc) is 2.66. The molecule has 0 aliphatic rings. The van der Waals surface area contributed by atoms with E-state index >= 15 is 0 Å². The average molecular weight is 391 g/mol. The van der Waals surface area contributed by atoms with Crippen molar-refractivity contribution in [2.45, 2.75) is 24.8 Å². The lowest BCUT2D eigenvalue weighted by atomic mass is 10.1. The number of amides is 1. The lowest BCUT2D eigenvalue weighted by Crippen LogP contribution is -2.37. The van der Waals surface area contributed by atoms with E-state index in [1.807, 2.05) is 6.92 Å². The second-order valence-corrected chi connectivity index (χ2v) is 7.86. The fourth-order valence-corrected chi connectivity index (χ4v) is 3.48.